The predicted molar refractivity (Wildman–Crippen MR) is 79.1 cm³/mol. The van der Waals surface area contributed by atoms with Gasteiger partial charge in [0.1, 0.15) is 11.0 Å². The Balaban J connectivity index is 2.31. The Morgan fingerprint density at radius 2 is 1.95 bits per heavy atom. The molecule has 0 saturated heterocycles. The van der Waals surface area contributed by atoms with Gasteiger partial charge in [0.25, 0.3) is 0 Å². The van der Waals surface area contributed by atoms with Gasteiger partial charge in [-0.25, -0.2) is 13.4 Å². The smallest absolute Gasteiger partial charge is 0.244 e. The molecule has 0 saturated carbocycles. The molecule has 0 amide bonds. The van der Waals surface area contributed by atoms with Crippen LogP contribution in [-0.2, 0) is 16.6 Å². The lowest BCUT2D eigenvalue weighted by Gasteiger charge is -2.17. The molecule has 0 radical (unpaired) electrons. The minimum atomic E-state index is -3.77. The molecule has 0 aliphatic rings. The summed E-state index contributed by atoms with van der Waals surface area (Å²) in [6.07, 6.45) is 1.39. The summed E-state index contributed by atoms with van der Waals surface area (Å²) in [7, 11) is -2.32. The first-order valence-corrected chi connectivity index (χ1v) is 7.83. The van der Waals surface area contributed by atoms with Crippen LogP contribution in [0.2, 0.25) is 5.02 Å². The molecular formula is C14H12ClN3O2S. The van der Waals surface area contributed by atoms with Crippen LogP contribution in [0.25, 0.3) is 0 Å². The van der Waals surface area contributed by atoms with Crippen LogP contribution >= 0.6 is 11.6 Å². The third-order valence-electron chi connectivity index (χ3n) is 2.88. The Labute approximate surface area is 128 Å². The Hall–Kier alpha value is -1.94. The maximum absolute atomic E-state index is 12.5. The highest BCUT2D eigenvalue weighted by Gasteiger charge is 2.24. The molecular weight excluding hydrogens is 310 g/mol. The zero-order valence-corrected chi connectivity index (χ0v) is 12.8. The second-order valence-corrected chi connectivity index (χ2v) is 6.80. The van der Waals surface area contributed by atoms with Crippen LogP contribution in [0, 0.1) is 11.3 Å². The molecule has 0 bridgehead atoms. The number of halogens is 1. The second kappa shape index (κ2) is 6.22. The SMILES string of the molecule is CN(Cc1ccc(Cl)cc1)S(=O)(=O)c1cccnc1C#N. The fraction of sp³-hybridized carbons (Fsp3) is 0.143. The van der Waals surface area contributed by atoms with Crippen molar-refractivity contribution in [2.45, 2.75) is 11.4 Å². The first-order valence-electron chi connectivity index (χ1n) is 6.01. The Morgan fingerprint density at radius 1 is 1.29 bits per heavy atom. The van der Waals surface area contributed by atoms with Crippen LogP contribution in [0.1, 0.15) is 11.3 Å². The molecule has 5 nitrogen and oxygen atoms in total. The lowest BCUT2D eigenvalue weighted by atomic mass is 10.2. The molecule has 1 aromatic heterocycles. The number of nitriles is 1. The topological polar surface area (TPSA) is 74.1 Å². The van der Waals surface area contributed by atoms with Gasteiger partial charge in [0.05, 0.1) is 0 Å². The lowest BCUT2D eigenvalue weighted by Crippen LogP contribution is -2.27. The number of nitrogens with zero attached hydrogens (tertiary/aromatic N) is 3. The van der Waals surface area contributed by atoms with Crippen molar-refractivity contribution in [2.24, 2.45) is 0 Å². The number of sulfonamides is 1. The molecule has 1 heterocycles. The van der Waals surface area contributed by atoms with E-state index < -0.39 is 10.0 Å². The number of benzene rings is 1. The van der Waals surface area contributed by atoms with Gasteiger partial charge in [-0.3, -0.25) is 0 Å². The molecule has 21 heavy (non-hydrogen) atoms. The molecule has 0 unspecified atom stereocenters. The van der Waals surface area contributed by atoms with Gasteiger partial charge < -0.3 is 0 Å². The maximum atomic E-state index is 12.5. The monoisotopic (exact) mass is 321 g/mol. The number of pyridine rings is 1. The molecule has 0 aliphatic carbocycles. The van der Waals surface area contributed by atoms with Crippen molar-refractivity contribution in [3.8, 4) is 6.07 Å². The maximum Gasteiger partial charge on any atom is 0.246 e. The normalized spacial score (nSPS) is 11.3. The average molecular weight is 322 g/mol. The highest BCUT2D eigenvalue weighted by atomic mass is 35.5. The van der Waals surface area contributed by atoms with Gasteiger partial charge in [-0.05, 0) is 29.8 Å². The zero-order chi connectivity index (χ0) is 15.5. The molecule has 1 aromatic carbocycles. The van der Waals surface area contributed by atoms with Crippen LogP contribution in [0.3, 0.4) is 0 Å². The molecule has 2 rings (SSSR count). The number of hydrogen-bond acceptors (Lipinski definition) is 4. The highest BCUT2D eigenvalue weighted by Crippen LogP contribution is 2.19. The Bertz CT molecular complexity index is 783. The fourth-order valence-corrected chi connectivity index (χ4v) is 3.16. The molecule has 0 N–H and O–H groups in total. The van der Waals surface area contributed by atoms with E-state index >= 15 is 0 Å². The second-order valence-electron chi connectivity index (χ2n) is 4.35. The first kappa shape index (κ1) is 15.4. The lowest BCUT2D eigenvalue weighted by molar-refractivity contribution is 0.466. The van der Waals surface area contributed by atoms with Crippen LogP contribution < -0.4 is 0 Å². The van der Waals surface area contributed by atoms with Gasteiger partial charge in [-0.15, -0.1) is 0 Å². The number of aromatic nitrogens is 1. The van der Waals surface area contributed by atoms with Crippen molar-refractivity contribution < 1.29 is 8.42 Å². The number of hydrogen-bond donors (Lipinski definition) is 0. The largest absolute Gasteiger partial charge is 0.246 e. The van der Waals surface area contributed by atoms with E-state index in [1.54, 1.807) is 30.3 Å². The van der Waals surface area contributed by atoms with E-state index in [4.69, 9.17) is 16.9 Å². The van der Waals surface area contributed by atoms with Gasteiger partial charge in [0, 0.05) is 24.8 Å². The first-order chi connectivity index (χ1) is 9.95. The fourth-order valence-electron chi connectivity index (χ4n) is 1.78. The third kappa shape index (κ3) is 3.39. The third-order valence-corrected chi connectivity index (χ3v) is 4.97. The van der Waals surface area contributed by atoms with E-state index in [0.29, 0.717) is 5.02 Å². The van der Waals surface area contributed by atoms with Gasteiger partial charge in [-0.1, -0.05) is 23.7 Å². The molecule has 108 valence electrons. The van der Waals surface area contributed by atoms with Crippen molar-refractivity contribution >= 4 is 21.6 Å². The Kier molecular flexibility index (Phi) is 4.58. The van der Waals surface area contributed by atoms with E-state index in [9.17, 15) is 8.42 Å². The van der Waals surface area contributed by atoms with E-state index in [1.807, 2.05) is 0 Å². The summed E-state index contributed by atoms with van der Waals surface area (Å²) in [4.78, 5) is 3.69. The van der Waals surface area contributed by atoms with Gasteiger partial charge in [0.2, 0.25) is 10.0 Å². The van der Waals surface area contributed by atoms with Gasteiger partial charge in [-0.2, -0.15) is 9.57 Å². The minimum Gasteiger partial charge on any atom is -0.244 e. The average Bonchev–Trinajstić information content (AvgIpc) is 2.49. The Morgan fingerprint density at radius 3 is 2.57 bits per heavy atom. The molecule has 2 aromatic rings. The van der Waals surface area contributed by atoms with Crippen molar-refractivity contribution in [3.63, 3.8) is 0 Å². The van der Waals surface area contributed by atoms with Crippen molar-refractivity contribution in [1.29, 1.82) is 5.26 Å². The molecule has 0 aliphatic heterocycles. The van der Waals surface area contributed by atoms with E-state index in [0.717, 1.165) is 5.56 Å². The van der Waals surface area contributed by atoms with E-state index in [1.165, 1.54) is 29.7 Å². The van der Waals surface area contributed by atoms with Crippen LogP contribution in [0.5, 0.6) is 0 Å². The van der Waals surface area contributed by atoms with Crippen LogP contribution in [0.4, 0.5) is 0 Å². The molecule has 7 heteroatoms. The molecule has 0 atom stereocenters. The summed E-state index contributed by atoms with van der Waals surface area (Å²) in [6.45, 7) is 0.180. The van der Waals surface area contributed by atoms with Crippen molar-refractivity contribution in [2.75, 3.05) is 7.05 Å². The predicted octanol–water partition coefficient (Wildman–Crippen LogP) is 2.43. The summed E-state index contributed by atoms with van der Waals surface area (Å²) >= 11 is 5.80. The molecule has 0 fully saturated rings. The van der Waals surface area contributed by atoms with Crippen LogP contribution in [-0.4, -0.2) is 24.8 Å². The van der Waals surface area contributed by atoms with Crippen molar-refractivity contribution in [3.05, 3.63) is 58.9 Å². The summed E-state index contributed by atoms with van der Waals surface area (Å²) in [6, 6.07) is 11.6. The minimum absolute atomic E-state index is 0.0936. The van der Waals surface area contributed by atoms with E-state index in [2.05, 4.69) is 4.98 Å². The summed E-state index contributed by atoms with van der Waals surface area (Å²) in [5, 5.41) is 9.56. The molecule has 0 spiro atoms. The quantitative estimate of drug-likeness (QED) is 0.866. The van der Waals surface area contributed by atoms with Gasteiger partial charge in [0.15, 0.2) is 5.69 Å². The zero-order valence-electron chi connectivity index (χ0n) is 11.2. The highest BCUT2D eigenvalue weighted by molar-refractivity contribution is 7.89. The summed E-state index contributed by atoms with van der Waals surface area (Å²) < 4.78 is 26.2. The van der Waals surface area contributed by atoms with Crippen molar-refractivity contribution in [1.82, 2.24) is 9.29 Å². The van der Waals surface area contributed by atoms with Crippen LogP contribution in [0.15, 0.2) is 47.5 Å². The standard InChI is InChI=1S/C14H12ClN3O2S/c1-18(10-11-4-6-12(15)7-5-11)21(19,20)14-3-2-8-17-13(14)9-16/h2-8H,10H2,1H3. The summed E-state index contributed by atoms with van der Waals surface area (Å²) in [5.41, 5.74) is 0.688. The van der Waals surface area contributed by atoms with Gasteiger partial charge >= 0.3 is 0 Å². The summed E-state index contributed by atoms with van der Waals surface area (Å²) in [5.74, 6) is 0. The van der Waals surface area contributed by atoms with E-state index in [-0.39, 0.29) is 17.1 Å². The number of rotatable bonds is 4.